The van der Waals surface area contributed by atoms with E-state index in [9.17, 15) is 9.59 Å². The minimum absolute atomic E-state index is 0.0287. The van der Waals surface area contributed by atoms with E-state index in [-0.39, 0.29) is 11.3 Å². The molecule has 0 fully saturated rings. The number of benzene rings is 1. The number of carbonyl (C=O) groups is 2. The Morgan fingerprint density at radius 3 is 2.33 bits per heavy atom. The van der Waals surface area contributed by atoms with Crippen LogP contribution in [0.15, 0.2) is 24.3 Å². The lowest BCUT2D eigenvalue weighted by Gasteiger charge is -2.06. The molecule has 110 valence electrons. The fourth-order valence-electron chi connectivity index (χ4n) is 2.04. The molecule has 0 aliphatic rings. The van der Waals surface area contributed by atoms with Gasteiger partial charge in [0.05, 0.1) is 17.8 Å². The number of aromatic nitrogens is 3. The van der Waals surface area contributed by atoms with E-state index in [1.165, 1.54) is 12.1 Å². The van der Waals surface area contributed by atoms with Gasteiger partial charge in [0.2, 0.25) is 0 Å². The van der Waals surface area contributed by atoms with Gasteiger partial charge in [0.1, 0.15) is 0 Å². The van der Waals surface area contributed by atoms with Gasteiger partial charge in [-0.05, 0) is 24.1 Å². The standard InChI is InChI=1S/C14H15N3O4/c1-2-3-11-12(14(20)21)15-16-17(11)8-9-4-6-10(7-5-9)13(18)19/h4-7H,2-3,8H2,1H3,(H,18,19)(H,20,21). The number of rotatable bonds is 6. The minimum atomic E-state index is -1.09. The maximum atomic E-state index is 11.1. The SMILES string of the molecule is CCCc1c(C(=O)O)nnn1Cc1ccc(C(=O)O)cc1. The predicted molar refractivity (Wildman–Crippen MR) is 73.5 cm³/mol. The van der Waals surface area contributed by atoms with Crippen LogP contribution in [0.5, 0.6) is 0 Å². The Balaban J connectivity index is 2.26. The molecule has 7 heteroatoms. The Labute approximate surface area is 120 Å². The summed E-state index contributed by atoms with van der Waals surface area (Å²) in [7, 11) is 0. The van der Waals surface area contributed by atoms with E-state index < -0.39 is 11.9 Å². The number of hydrogen-bond acceptors (Lipinski definition) is 4. The molecule has 1 aromatic carbocycles. The van der Waals surface area contributed by atoms with E-state index in [2.05, 4.69) is 10.3 Å². The molecule has 2 rings (SSSR count). The van der Waals surface area contributed by atoms with E-state index in [0.29, 0.717) is 18.7 Å². The molecular formula is C14H15N3O4. The number of nitrogens with zero attached hydrogens (tertiary/aromatic N) is 3. The summed E-state index contributed by atoms with van der Waals surface area (Å²) in [5, 5.41) is 25.5. The van der Waals surface area contributed by atoms with Crippen molar-refractivity contribution >= 4 is 11.9 Å². The molecule has 0 amide bonds. The summed E-state index contributed by atoms with van der Waals surface area (Å²) < 4.78 is 1.54. The van der Waals surface area contributed by atoms with Gasteiger partial charge in [-0.25, -0.2) is 14.3 Å². The zero-order chi connectivity index (χ0) is 15.4. The Bertz CT molecular complexity index is 661. The van der Waals surface area contributed by atoms with Gasteiger partial charge in [-0.1, -0.05) is 30.7 Å². The summed E-state index contributed by atoms with van der Waals surface area (Å²) in [6.07, 6.45) is 1.35. The second-order valence-corrected chi connectivity index (χ2v) is 4.60. The first-order valence-corrected chi connectivity index (χ1v) is 6.50. The fraction of sp³-hybridized carbons (Fsp3) is 0.286. The second kappa shape index (κ2) is 6.17. The summed E-state index contributed by atoms with van der Waals surface area (Å²) in [4.78, 5) is 21.9. The van der Waals surface area contributed by atoms with Crippen molar-refractivity contribution in [3.8, 4) is 0 Å². The van der Waals surface area contributed by atoms with Gasteiger partial charge >= 0.3 is 11.9 Å². The normalized spacial score (nSPS) is 10.5. The summed E-state index contributed by atoms with van der Waals surface area (Å²) in [6, 6.07) is 6.38. The first kappa shape index (κ1) is 14.7. The maximum absolute atomic E-state index is 11.1. The van der Waals surface area contributed by atoms with Crippen molar-refractivity contribution in [2.75, 3.05) is 0 Å². The van der Waals surface area contributed by atoms with Crippen molar-refractivity contribution in [3.63, 3.8) is 0 Å². The highest BCUT2D eigenvalue weighted by Crippen LogP contribution is 2.12. The Morgan fingerprint density at radius 2 is 1.81 bits per heavy atom. The zero-order valence-electron chi connectivity index (χ0n) is 11.5. The molecule has 0 aliphatic heterocycles. The van der Waals surface area contributed by atoms with Crippen molar-refractivity contribution in [1.29, 1.82) is 0 Å². The third-order valence-corrected chi connectivity index (χ3v) is 3.06. The number of carboxylic acids is 2. The molecule has 2 N–H and O–H groups in total. The van der Waals surface area contributed by atoms with Gasteiger partial charge in [0.25, 0.3) is 0 Å². The molecule has 0 bridgehead atoms. The zero-order valence-corrected chi connectivity index (χ0v) is 11.5. The molecule has 0 aliphatic carbocycles. The van der Waals surface area contributed by atoms with Gasteiger partial charge < -0.3 is 10.2 Å². The average Bonchev–Trinajstić information content (AvgIpc) is 2.83. The van der Waals surface area contributed by atoms with Gasteiger partial charge in [0, 0.05) is 0 Å². The highest BCUT2D eigenvalue weighted by atomic mass is 16.4. The van der Waals surface area contributed by atoms with Crippen molar-refractivity contribution in [2.45, 2.75) is 26.3 Å². The van der Waals surface area contributed by atoms with Crippen LogP contribution in [0.1, 0.15) is 45.4 Å². The number of hydrogen-bond donors (Lipinski definition) is 2. The molecule has 1 aromatic heterocycles. The molecule has 0 saturated carbocycles. The average molecular weight is 289 g/mol. The van der Waals surface area contributed by atoms with E-state index in [0.717, 1.165) is 12.0 Å². The Kier molecular flexibility index (Phi) is 4.32. The molecule has 0 saturated heterocycles. The molecule has 0 atom stereocenters. The molecule has 0 spiro atoms. The smallest absolute Gasteiger partial charge is 0.358 e. The van der Waals surface area contributed by atoms with Crippen LogP contribution in [0.25, 0.3) is 0 Å². The van der Waals surface area contributed by atoms with Crippen LogP contribution >= 0.6 is 0 Å². The van der Waals surface area contributed by atoms with Crippen LogP contribution in [-0.4, -0.2) is 37.1 Å². The number of aromatic carboxylic acids is 2. The van der Waals surface area contributed by atoms with Crippen LogP contribution in [0.4, 0.5) is 0 Å². The van der Waals surface area contributed by atoms with Crippen LogP contribution in [0, 0.1) is 0 Å². The van der Waals surface area contributed by atoms with Crippen molar-refractivity contribution in [1.82, 2.24) is 15.0 Å². The van der Waals surface area contributed by atoms with Crippen molar-refractivity contribution < 1.29 is 19.8 Å². The lowest BCUT2D eigenvalue weighted by atomic mass is 10.1. The summed E-state index contributed by atoms with van der Waals surface area (Å²) in [5.41, 5.74) is 1.59. The van der Waals surface area contributed by atoms with Crippen molar-refractivity contribution in [2.24, 2.45) is 0 Å². The van der Waals surface area contributed by atoms with Crippen LogP contribution in [0.3, 0.4) is 0 Å². The summed E-state index contributed by atoms with van der Waals surface area (Å²) in [5.74, 6) is -2.08. The molecule has 0 unspecified atom stereocenters. The van der Waals surface area contributed by atoms with Crippen LogP contribution in [0.2, 0.25) is 0 Å². The lowest BCUT2D eigenvalue weighted by Crippen LogP contribution is -2.09. The molecular weight excluding hydrogens is 274 g/mol. The van der Waals surface area contributed by atoms with E-state index >= 15 is 0 Å². The molecule has 2 aromatic rings. The molecule has 21 heavy (non-hydrogen) atoms. The number of carboxylic acid groups (broad SMARTS) is 2. The maximum Gasteiger partial charge on any atom is 0.358 e. The predicted octanol–water partition coefficient (Wildman–Crippen LogP) is 1.68. The summed E-state index contributed by atoms with van der Waals surface area (Å²) in [6.45, 7) is 2.31. The molecule has 1 heterocycles. The fourth-order valence-corrected chi connectivity index (χ4v) is 2.04. The van der Waals surface area contributed by atoms with Crippen molar-refractivity contribution in [3.05, 3.63) is 46.8 Å². The largest absolute Gasteiger partial charge is 0.478 e. The third kappa shape index (κ3) is 3.25. The monoisotopic (exact) mass is 289 g/mol. The van der Waals surface area contributed by atoms with Gasteiger partial charge in [-0.15, -0.1) is 5.10 Å². The topological polar surface area (TPSA) is 105 Å². The second-order valence-electron chi connectivity index (χ2n) is 4.60. The third-order valence-electron chi connectivity index (χ3n) is 3.06. The first-order valence-electron chi connectivity index (χ1n) is 6.50. The van der Waals surface area contributed by atoms with Gasteiger partial charge in [-0.2, -0.15) is 0 Å². The lowest BCUT2D eigenvalue weighted by molar-refractivity contribution is 0.0681. The Hall–Kier alpha value is -2.70. The minimum Gasteiger partial charge on any atom is -0.478 e. The highest BCUT2D eigenvalue weighted by Gasteiger charge is 2.18. The van der Waals surface area contributed by atoms with Gasteiger partial charge in [0.15, 0.2) is 5.69 Å². The quantitative estimate of drug-likeness (QED) is 0.838. The highest BCUT2D eigenvalue weighted by molar-refractivity contribution is 5.87. The molecule has 7 nitrogen and oxygen atoms in total. The summed E-state index contributed by atoms with van der Waals surface area (Å²) >= 11 is 0. The molecule has 0 radical (unpaired) electrons. The van der Waals surface area contributed by atoms with Crippen LogP contribution < -0.4 is 0 Å². The van der Waals surface area contributed by atoms with E-state index in [1.54, 1.807) is 16.8 Å². The van der Waals surface area contributed by atoms with Gasteiger partial charge in [-0.3, -0.25) is 0 Å². The first-order chi connectivity index (χ1) is 10.0. The Morgan fingerprint density at radius 1 is 1.14 bits per heavy atom. The van der Waals surface area contributed by atoms with Crippen LogP contribution in [-0.2, 0) is 13.0 Å². The van der Waals surface area contributed by atoms with E-state index in [1.807, 2.05) is 6.92 Å². The van der Waals surface area contributed by atoms with E-state index in [4.69, 9.17) is 10.2 Å².